The number of amides is 1. The highest BCUT2D eigenvalue weighted by molar-refractivity contribution is 5.97. The molecule has 0 saturated carbocycles. The van der Waals surface area contributed by atoms with E-state index in [0.29, 0.717) is 39.1 Å². The fourth-order valence-corrected chi connectivity index (χ4v) is 7.25. The first-order valence-corrected chi connectivity index (χ1v) is 16.0. The number of likely N-dealkylation sites (tertiary alicyclic amines) is 1. The maximum atomic E-state index is 14.1. The highest BCUT2D eigenvalue weighted by atomic mass is 19.1. The first-order valence-electron chi connectivity index (χ1n) is 16.0. The molecular formula is C35H42FN7O3. The van der Waals surface area contributed by atoms with Crippen molar-refractivity contribution in [3.63, 3.8) is 0 Å². The molecule has 2 aromatic carbocycles. The van der Waals surface area contributed by atoms with Crippen molar-refractivity contribution in [2.24, 2.45) is 0 Å². The first kappa shape index (κ1) is 31.7. The molecular weight excluding hydrogens is 585 g/mol. The van der Waals surface area contributed by atoms with E-state index in [1.54, 1.807) is 4.90 Å². The van der Waals surface area contributed by atoms with Crippen LogP contribution in [0.3, 0.4) is 0 Å². The topological polar surface area (TPSA) is 109 Å². The average molecular weight is 628 g/mol. The number of alkyl halides is 1. The van der Waals surface area contributed by atoms with Gasteiger partial charge in [-0.05, 0) is 50.8 Å². The summed E-state index contributed by atoms with van der Waals surface area (Å²) in [5.41, 5.74) is 3.53. The molecule has 1 amide bonds. The third-order valence-electron chi connectivity index (χ3n) is 9.66. The van der Waals surface area contributed by atoms with Crippen LogP contribution >= 0.6 is 0 Å². The molecule has 11 heteroatoms. The summed E-state index contributed by atoms with van der Waals surface area (Å²) in [5.74, 6) is 0.534. The number of piperazine rings is 1. The Morgan fingerprint density at radius 2 is 2.00 bits per heavy atom. The molecule has 6 rings (SSSR count). The van der Waals surface area contributed by atoms with Crippen LogP contribution in [0, 0.1) is 18.3 Å². The van der Waals surface area contributed by atoms with Gasteiger partial charge in [0.15, 0.2) is 0 Å². The fourth-order valence-electron chi connectivity index (χ4n) is 7.25. The third kappa shape index (κ3) is 6.24. The normalized spacial score (nSPS) is 23.6. The Balaban J connectivity index is 1.34. The minimum Gasteiger partial charge on any atom is -0.462 e. The van der Waals surface area contributed by atoms with E-state index in [1.165, 1.54) is 28.5 Å². The number of carbonyl (C=O) groups is 1. The van der Waals surface area contributed by atoms with Crippen LogP contribution in [0.5, 0.6) is 6.01 Å². The van der Waals surface area contributed by atoms with E-state index in [9.17, 15) is 19.6 Å². The number of nitrogens with zero attached hydrogens (tertiary/aromatic N) is 7. The number of nitriles is 1. The number of hydrogen-bond acceptors (Lipinski definition) is 9. The molecule has 3 aromatic rings. The van der Waals surface area contributed by atoms with Crippen molar-refractivity contribution < 1.29 is 19.0 Å². The van der Waals surface area contributed by atoms with E-state index in [1.807, 2.05) is 18.9 Å². The largest absolute Gasteiger partial charge is 0.462 e. The number of rotatable bonds is 8. The van der Waals surface area contributed by atoms with Gasteiger partial charge in [0.2, 0.25) is 5.91 Å². The summed E-state index contributed by atoms with van der Waals surface area (Å²) < 4.78 is 20.3. The van der Waals surface area contributed by atoms with Gasteiger partial charge in [0.25, 0.3) is 0 Å². The van der Waals surface area contributed by atoms with Gasteiger partial charge in [0.1, 0.15) is 18.6 Å². The first-order chi connectivity index (χ1) is 22.2. The number of ether oxygens (including phenoxy) is 1. The Morgan fingerprint density at radius 3 is 2.74 bits per heavy atom. The SMILES string of the molecule is Cc1cccc2cccc(N3CCc4c(nc(OC[C@H]5C[C@@H](F)CN5C)nc4N4CCN(C(=O)/C=C/CO)[C@](C)(CC#N)C4)C3)c12. The van der Waals surface area contributed by atoms with Gasteiger partial charge in [-0.3, -0.25) is 9.69 Å². The number of likely N-dealkylation sites (N-methyl/N-ethyl adjacent to an activating group) is 1. The number of aliphatic hydroxyl groups excluding tert-OH is 1. The second-order valence-electron chi connectivity index (χ2n) is 12.9. The quantitative estimate of drug-likeness (QED) is 0.373. The molecule has 0 unspecified atom stereocenters. The smallest absolute Gasteiger partial charge is 0.318 e. The van der Waals surface area contributed by atoms with E-state index in [2.05, 4.69) is 59.2 Å². The zero-order chi connectivity index (χ0) is 32.4. The summed E-state index contributed by atoms with van der Waals surface area (Å²) in [6.45, 7) is 7.18. The zero-order valence-corrected chi connectivity index (χ0v) is 26.8. The molecule has 3 aliphatic heterocycles. The van der Waals surface area contributed by atoms with Gasteiger partial charge in [-0.15, -0.1) is 0 Å². The Labute approximate surface area is 269 Å². The number of benzene rings is 2. The van der Waals surface area contributed by atoms with E-state index in [-0.39, 0.29) is 37.6 Å². The van der Waals surface area contributed by atoms with Gasteiger partial charge in [-0.1, -0.05) is 36.4 Å². The van der Waals surface area contributed by atoms with E-state index >= 15 is 0 Å². The molecule has 0 radical (unpaired) electrons. The van der Waals surface area contributed by atoms with Crippen LogP contribution in [0.4, 0.5) is 15.9 Å². The minimum atomic E-state index is -0.875. The third-order valence-corrected chi connectivity index (χ3v) is 9.66. The van der Waals surface area contributed by atoms with Gasteiger partial charge >= 0.3 is 6.01 Å². The van der Waals surface area contributed by atoms with Gasteiger partial charge in [0.05, 0.1) is 36.9 Å². The summed E-state index contributed by atoms with van der Waals surface area (Å²) in [5, 5.41) is 21.4. The Hall–Kier alpha value is -4.27. The summed E-state index contributed by atoms with van der Waals surface area (Å²) in [6, 6.07) is 15.2. The summed E-state index contributed by atoms with van der Waals surface area (Å²) in [7, 11) is 1.91. The number of aryl methyl sites for hydroxylation is 1. The molecule has 0 bridgehead atoms. The number of aliphatic hydroxyl groups is 1. The number of halogens is 1. The monoisotopic (exact) mass is 627 g/mol. The standard InChI is InChI=1S/C35H42FN7O3/c1-24-7-4-8-25-9-5-10-30(32(24)25)41-15-12-28-29(21-41)38-34(46-22-27-19-26(36)20-40(27)3)39-33(28)42-16-17-43(31(45)11-6-18-44)35(2,23-42)13-14-37/h4-11,26-27,44H,12-13,15-23H2,1-3H3/b11-6+/t26-,27-,35-/m1/s1. The van der Waals surface area contributed by atoms with Crippen molar-refractivity contribution in [2.75, 3.05) is 62.8 Å². The van der Waals surface area contributed by atoms with Gasteiger partial charge in [-0.25, -0.2) is 4.39 Å². The van der Waals surface area contributed by atoms with Crippen LogP contribution in [0.2, 0.25) is 0 Å². The molecule has 2 fully saturated rings. The molecule has 46 heavy (non-hydrogen) atoms. The predicted molar refractivity (Wildman–Crippen MR) is 176 cm³/mol. The van der Waals surface area contributed by atoms with Crippen LogP contribution in [-0.4, -0.2) is 102 Å². The van der Waals surface area contributed by atoms with Crippen molar-refractivity contribution in [1.82, 2.24) is 19.8 Å². The molecule has 10 nitrogen and oxygen atoms in total. The lowest BCUT2D eigenvalue weighted by molar-refractivity contribution is -0.132. The molecule has 4 heterocycles. The van der Waals surface area contributed by atoms with Crippen molar-refractivity contribution in [3.05, 3.63) is 65.4 Å². The highest BCUT2D eigenvalue weighted by Crippen LogP contribution is 2.37. The Bertz CT molecular complexity index is 1670. The van der Waals surface area contributed by atoms with Crippen LogP contribution < -0.4 is 14.5 Å². The number of fused-ring (bicyclic) bond motifs is 2. The Kier molecular flexibility index (Phi) is 9.11. The van der Waals surface area contributed by atoms with E-state index in [4.69, 9.17) is 14.7 Å². The van der Waals surface area contributed by atoms with Crippen LogP contribution in [0.15, 0.2) is 48.6 Å². The van der Waals surface area contributed by atoms with Crippen LogP contribution in [-0.2, 0) is 17.8 Å². The number of anilines is 2. The van der Waals surface area contributed by atoms with E-state index in [0.717, 1.165) is 35.7 Å². The van der Waals surface area contributed by atoms with Crippen molar-refractivity contribution in [3.8, 4) is 12.1 Å². The van der Waals surface area contributed by atoms with Gasteiger partial charge in [-0.2, -0.15) is 15.2 Å². The second-order valence-corrected chi connectivity index (χ2v) is 12.9. The minimum absolute atomic E-state index is 0.0614. The van der Waals surface area contributed by atoms with E-state index < -0.39 is 11.7 Å². The summed E-state index contributed by atoms with van der Waals surface area (Å²) in [6.07, 6.45) is 3.19. The summed E-state index contributed by atoms with van der Waals surface area (Å²) >= 11 is 0. The van der Waals surface area contributed by atoms with Gasteiger partial charge < -0.3 is 24.5 Å². The highest BCUT2D eigenvalue weighted by Gasteiger charge is 2.41. The molecule has 0 aliphatic carbocycles. The molecule has 1 aromatic heterocycles. The number of aromatic nitrogens is 2. The number of hydrogen-bond donors (Lipinski definition) is 1. The van der Waals surface area contributed by atoms with Gasteiger partial charge in [0, 0.05) is 61.5 Å². The molecule has 3 aliphatic rings. The van der Waals surface area contributed by atoms with Crippen molar-refractivity contribution in [2.45, 2.75) is 57.4 Å². The molecule has 3 atom stereocenters. The van der Waals surface area contributed by atoms with Crippen LogP contribution in [0.1, 0.15) is 36.6 Å². The molecule has 242 valence electrons. The maximum absolute atomic E-state index is 14.1. The fraction of sp³-hybridized carbons (Fsp3) is 0.486. The second kappa shape index (κ2) is 13.2. The lowest BCUT2D eigenvalue weighted by atomic mass is 9.91. The lowest BCUT2D eigenvalue weighted by Gasteiger charge is -2.48. The maximum Gasteiger partial charge on any atom is 0.318 e. The molecule has 0 spiro atoms. The Morgan fingerprint density at radius 1 is 1.20 bits per heavy atom. The van der Waals surface area contributed by atoms with Crippen molar-refractivity contribution >= 4 is 28.2 Å². The van der Waals surface area contributed by atoms with Crippen molar-refractivity contribution in [1.29, 1.82) is 5.26 Å². The molecule has 2 saturated heterocycles. The predicted octanol–water partition coefficient (Wildman–Crippen LogP) is 3.79. The van der Waals surface area contributed by atoms with Crippen LogP contribution in [0.25, 0.3) is 10.8 Å². The average Bonchev–Trinajstić information content (AvgIpc) is 3.37. The summed E-state index contributed by atoms with van der Waals surface area (Å²) in [4.78, 5) is 31.1. The molecule has 1 N–H and O–H groups in total. The zero-order valence-electron chi connectivity index (χ0n) is 26.8. The lowest BCUT2D eigenvalue weighted by Crippen LogP contribution is -2.62. The number of carbonyl (C=O) groups excluding carboxylic acids is 1.